The Balaban J connectivity index is 2.54. The Morgan fingerprint density at radius 1 is 1.36 bits per heavy atom. The summed E-state index contributed by atoms with van der Waals surface area (Å²) in [6.45, 7) is 6.62. The van der Waals surface area contributed by atoms with E-state index >= 15 is 0 Å². The van der Waals surface area contributed by atoms with Gasteiger partial charge in [0.05, 0.1) is 0 Å². The average Bonchev–Trinajstić information content (AvgIpc) is 2.32. The number of rotatable bonds is 2. The van der Waals surface area contributed by atoms with Gasteiger partial charge >= 0.3 is 0 Å². The molecule has 0 N–H and O–H groups in total. The van der Waals surface area contributed by atoms with Crippen molar-refractivity contribution in [1.29, 1.82) is 0 Å². The Kier molecular flexibility index (Phi) is 2.69. The lowest BCUT2D eigenvalue weighted by Gasteiger charge is -2.20. The molecule has 1 rings (SSSR count). The Hall–Kier alpha value is -0.330. The molecule has 0 aromatic heterocycles. The molecule has 0 radical (unpaired) electrons. The summed E-state index contributed by atoms with van der Waals surface area (Å²) in [5, 5.41) is 0. The zero-order valence-corrected chi connectivity index (χ0v) is 7.71. The largest absolute Gasteiger partial charge is 0.303 e. The van der Waals surface area contributed by atoms with Crippen LogP contribution in [0, 0.1) is 23.7 Å². The Labute approximate surface area is 69.2 Å². The maximum absolute atomic E-state index is 10.5. The molecule has 1 aliphatic carbocycles. The number of aldehydes is 1. The van der Waals surface area contributed by atoms with E-state index in [-0.39, 0.29) is 5.92 Å². The van der Waals surface area contributed by atoms with Gasteiger partial charge in [0.15, 0.2) is 0 Å². The molecule has 0 aliphatic heterocycles. The third kappa shape index (κ3) is 1.63. The van der Waals surface area contributed by atoms with E-state index in [1.54, 1.807) is 0 Å². The van der Waals surface area contributed by atoms with Crippen LogP contribution in [0.15, 0.2) is 0 Å². The maximum Gasteiger partial charge on any atom is 0.123 e. The van der Waals surface area contributed by atoms with Crippen molar-refractivity contribution in [3.63, 3.8) is 0 Å². The van der Waals surface area contributed by atoms with Crippen LogP contribution in [-0.4, -0.2) is 6.29 Å². The van der Waals surface area contributed by atoms with Crippen LogP contribution in [0.4, 0.5) is 0 Å². The van der Waals surface area contributed by atoms with Crippen LogP contribution < -0.4 is 0 Å². The summed E-state index contributed by atoms with van der Waals surface area (Å²) in [5.74, 6) is 2.50. The minimum atomic E-state index is 0.273. The van der Waals surface area contributed by atoms with Crippen LogP contribution in [0.2, 0.25) is 0 Å². The van der Waals surface area contributed by atoms with Gasteiger partial charge in [-0.15, -0.1) is 0 Å². The van der Waals surface area contributed by atoms with Crippen molar-refractivity contribution in [2.75, 3.05) is 0 Å². The number of carbonyl (C=O) groups is 1. The lowest BCUT2D eigenvalue weighted by molar-refractivity contribution is -0.112. The predicted octanol–water partition coefficient (Wildman–Crippen LogP) is 2.50. The van der Waals surface area contributed by atoms with Crippen molar-refractivity contribution in [3.05, 3.63) is 0 Å². The SMILES string of the molecule is CC(C=O)C1CCC(C)C1C. The van der Waals surface area contributed by atoms with Crippen molar-refractivity contribution in [1.82, 2.24) is 0 Å². The van der Waals surface area contributed by atoms with E-state index in [2.05, 4.69) is 13.8 Å². The predicted molar refractivity (Wildman–Crippen MR) is 46.3 cm³/mol. The summed E-state index contributed by atoms with van der Waals surface area (Å²) >= 11 is 0. The lowest BCUT2D eigenvalue weighted by atomic mass is 9.84. The zero-order valence-electron chi connectivity index (χ0n) is 7.71. The summed E-state index contributed by atoms with van der Waals surface area (Å²) in [6.07, 6.45) is 3.67. The lowest BCUT2D eigenvalue weighted by Crippen LogP contribution is -2.17. The zero-order chi connectivity index (χ0) is 8.43. The second-order valence-corrected chi connectivity index (χ2v) is 4.07. The highest BCUT2D eigenvalue weighted by molar-refractivity contribution is 5.53. The maximum atomic E-state index is 10.5. The van der Waals surface area contributed by atoms with Crippen molar-refractivity contribution in [3.8, 4) is 0 Å². The van der Waals surface area contributed by atoms with Gasteiger partial charge in [-0.25, -0.2) is 0 Å². The van der Waals surface area contributed by atoms with Crippen LogP contribution >= 0.6 is 0 Å². The minimum Gasteiger partial charge on any atom is -0.303 e. The first-order valence-electron chi connectivity index (χ1n) is 4.62. The van der Waals surface area contributed by atoms with E-state index in [0.717, 1.165) is 18.1 Å². The third-order valence-electron chi connectivity index (χ3n) is 3.42. The molecule has 0 saturated heterocycles. The molecule has 64 valence electrons. The molecule has 1 saturated carbocycles. The molecule has 1 nitrogen and oxygen atoms in total. The first-order chi connectivity index (χ1) is 5.16. The first kappa shape index (κ1) is 8.76. The van der Waals surface area contributed by atoms with Gasteiger partial charge in [-0.05, 0) is 24.2 Å². The number of hydrogen-bond acceptors (Lipinski definition) is 1. The Morgan fingerprint density at radius 2 is 2.00 bits per heavy atom. The monoisotopic (exact) mass is 154 g/mol. The molecule has 0 bridgehead atoms. The summed E-state index contributed by atoms with van der Waals surface area (Å²) in [5.41, 5.74) is 0. The number of carbonyl (C=O) groups excluding carboxylic acids is 1. The van der Waals surface area contributed by atoms with Crippen LogP contribution in [0.25, 0.3) is 0 Å². The van der Waals surface area contributed by atoms with E-state index in [1.807, 2.05) is 6.92 Å². The topological polar surface area (TPSA) is 17.1 Å². The molecule has 1 aliphatic rings. The van der Waals surface area contributed by atoms with E-state index in [0.29, 0.717) is 5.92 Å². The van der Waals surface area contributed by atoms with Crippen LogP contribution in [0.5, 0.6) is 0 Å². The quantitative estimate of drug-likeness (QED) is 0.558. The minimum absolute atomic E-state index is 0.273. The molecule has 0 aromatic rings. The molecule has 0 heterocycles. The van der Waals surface area contributed by atoms with Crippen molar-refractivity contribution in [2.24, 2.45) is 23.7 Å². The van der Waals surface area contributed by atoms with Crippen LogP contribution in [0.3, 0.4) is 0 Å². The van der Waals surface area contributed by atoms with E-state index in [9.17, 15) is 4.79 Å². The molecule has 0 aromatic carbocycles. The highest BCUT2D eigenvalue weighted by atomic mass is 16.1. The standard InChI is InChI=1S/C10H18O/c1-7-4-5-10(9(7)3)8(2)6-11/h6-10H,4-5H2,1-3H3. The fourth-order valence-corrected chi connectivity index (χ4v) is 2.25. The summed E-state index contributed by atoms with van der Waals surface area (Å²) in [6, 6.07) is 0. The second kappa shape index (κ2) is 3.38. The molecular weight excluding hydrogens is 136 g/mol. The van der Waals surface area contributed by atoms with Crippen LogP contribution in [-0.2, 0) is 4.79 Å². The fraction of sp³-hybridized carbons (Fsp3) is 0.900. The Bertz CT molecular complexity index is 142. The van der Waals surface area contributed by atoms with Gasteiger partial charge in [0, 0.05) is 5.92 Å². The molecule has 1 fully saturated rings. The molecule has 1 heteroatoms. The Morgan fingerprint density at radius 3 is 2.36 bits per heavy atom. The molecule has 0 amide bonds. The highest BCUT2D eigenvalue weighted by Gasteiger charge is 2.32. The van der Waals surface area contributed by atoms with Crippen molar-refractivity contribution < 1.29 is 4.79 Å². The average molecular weight is 154 g/mol. The molecule has 0 spiro atoms. The number of hydrogen-bond donors (Lipinski definition) is 0. The highest BCUT2D eigenvalue weighted by Crippen LogP contribution is 2.39. The normalized spacial score (nSPS) is 40.5. The van der Waals surface area contributed by atoms with Gasteiger partial charge in [-0.3, -0.25) is 0 Å². The summed E-state index contributed by atoms with van der Waals surface area (Å²) in [7, 11) is 0. The van der Waals surface area contributed by atoms with E-state index < -0.39 is 0 Å². The fourth-order valence-electron chi connectivity index (χ4n) is 2.25. The molecular formula is C10H18O. The van der Waals surface area contributed by atoms with E-state index in [1.165, 1.54) is 12.8 Å². The first-order valence-corrected chi connectivity index (χ1v) is 4.62. The van der Waals surface area contributed by atoms with Crippen molar-refractivity contribution in [2.45, 2.75) is 33.6 Å². The smallest absolute Gasteiger partial charge is 0.123 e. The molecule has 11 heavy (non-hydrogen) atoms. The van der Waals surface area contributed by atoms with Crippen LogP contribution in [0.1, 0.15) is 33.6 Å². The van der Waals surface area contributed by atoms with Gasteiger partial charge in [0.2, 0.25) is 0 Å². The van der Waals surface area contributed by atoms with Gasteiger partial charge in [0.1, 0.15) is 6.29 Å². The van der Waals surface area contributed by atoms with Crippen molar-refractivity contribution >= 4 is 6.29 Å². The van der Waals surface area contributed by atoms with Gasteiger partial charge in [-0.1, -0.05) is 27.2 Å². The molecule has 4 unspecified atom stereocenters. The second-order valence-electron chi connectivity index (χ2n) is 4.07. The molecule has 4 atom stereocenters. The summed E-state index contributed by atoms with van der Waals surface area (Å²) < 4.78 is 0. The van der Waals surface area contributed by atoms with Gasteiger partial charge in [0.25, 0.3) is 0 Å². The summed E-state index contributed by atoms with van der Waals surface area (Å²) in [4.78, 5) is 10.5. The van der Waals surface area contributed by atoms with Gasteiger partial charge < -0.3 is 4.79 Å². The van der Waals surface area contributed by atoms with Gasteiger partial charge in [-0.2, -0.15) is 0 Å². The van der Waals surface area contributed by atoms with E-state index in [4.69, 9.17) is 0 Å². The third-order valence-corrected chi connectivity index (χ3v) is 3.42.